The van der Waals surface area contributed by atoms with Crippen LogP contribution in [0.2, 0.25) is 0 Å². The molecule has 6 nitrogen and oxygen atoms in total. The molecule has 0 atom stereocenters. The molecule has 0 saturated carbocycles. The van der Waals surface area contributed by atoms with Crippen LogP contribution in [0.25, 0.3) is 6.08 Å². The van der Waals surface area contributed by atoms with Crippen LogP contribution < -0.4 is 4.90 Å². The molecule has 0 N–H and O–H groups in total. The first-order chi connectivity index (χ1) is 13.1. The van der Waals surface area contributed by atoms with Gasteiger partial charge in [0.25, 0.3) is 5.91 Å². The van der Waals surface area contributed by atoms with Gasteiger partial charge in [0, 0.05) is 26.2 Å². The third kappa shape index (κ3) is 4.03. The molecule has 2 aromatic rings. The predicted octanol–water partition coefficient (Wildman–Crippen LogP) is 2.89. The van der Waals surface area contributed by atoms with Crippen LogP contribution in [0.4, 0.5) is 5.82 Å². The first kappa shape index (κ1) is 17.7. The number of aryl methyl sites for hydroxylation is 2. The molecule has 2 aliphatic heterocycles. The number of benzene rings is 1. The van der Waals surface area contributed by atoms with Gasteiger partial charge in [-0.3, -0.25) is 4.79 Å². The van der Waals surface area contributed by atoms with Crippen molar-refractivity contribution in [1.82, 2.24) is 15.1 Å². The van der Waals surface area contributed by atoms with Crippen molar-refractivity contribution in [1.29, 1.82) is 0 Å². The van der Waals surface area contributed by atoms with E-state index in [-0.39, 0.29) is 5.91 Å². The number of carbonyl (C=O) groups is 1. The number of anilines is 1. The van der Waals surface area contributed by atoms with Gasteiger partial charge in [0.2, 0.25) is 0 Å². The van der Waals surface area contributed by atoms with E-state index in [2.05, 4.69) is 31.9 Å². The quantitative estimate of drug-likeness (QED) is 0.748. The van der Waals surface area contributed by atoms with Crippen LogP contribution in [0.1, 0.15) is 16.8 Å². The monoisotopic (exact) mass is 379 g/mol. The molecule has 1 aromatic heterocycles. The van der Waals surface area contributed by atoms with Gasteiger partial charge in [-0.2, -0.15) is 10.1 Å². The molecule has 1 fully saturated rings. The summed E-state index contributed by atoms with van der Waals surface area (Å²) in [6.45, 7) is 7.28. The molecule has 1 saturated heterocycles. The minimum Gasteiger partial charge on any atom is -0.352 e. The lowest BCUT2D eigenvalue weighted by Gasteiger charge is -2.35. The van der Waals surface area contributed by atoms with Gasteiger partial charge < -0.3 is 9.80 Å². The highest BCUT2D eigenvalue weighted by Crippen LogP contribution is 2.31. The molecule has 0 unspecified atom stereocenters. The summed E-state index contributed by atoms with van der Waals surface area (Å²) >= 11 is 1.46. The van der Waals surface area contributed by atoms with Crippen LogP contribution in [-0.2, 0) is 4.79 Å². The Morgan fingerprint density at radius 1 is 0.926 bits per heavy atom. The summed E-state index contributed by atoms with van der Waals surface area (Å²) in [6.07, 6.45) is 1.92. The third-order valence-electron chi connectivity index (χ3n) is 4.64. The molecule has 27 heavy (non-hydrogen) atoms. The van der Waals surface area contributed by atoms with E-state index in [1.807, 2.05) is 49.4 Å². The lowest BCUT2D eigenvalue weighted by molar-refractivity contribution is -0.113. The lowest BCUT2D eigenvalue weighted by atomic mass is 10.1. The molecule has 0 aliphatic carbocycles. The number of carbonyl (C=O) groups excluding carboxylic acids is 1. The molecule has 3 heterocycles. The van der Waals surface area contributed by atoms with Gasteiger partial charge in [0.05, 0.1) is 10.6 Å². The molecule has 0 spiro atoms. The number of piperazine rings is 1. The summed E-state index contributed by atoms with van der Waals surface area (Å²) in [5.74, 6) is 0.750. The summed E-state index contributed by atoms with van der Waals surface area (Å²) in [5.41, 5.74) is 3.15. The van der Waals surface area contributed by atoms with Crippen LogP contribution in [0.5, 0.6) is 0 Å². The van der Waals surface area contributed by atoms with E-state index in [1.165, 1.54) is 17.3 Å². The van der Waals surface area contributed by atoms with Gasteiger partial charge in [-0.15, -0.1) is 5.10 Å². The van der Waals surface area contributed by atoms with E-state index in [9.17, 15) is 4.79 Å². The molecule has 138 valence electrons. The van der Waals surface area contributed by atoms with Crippen molar-refractivity contribution in [2.24, 2.45) is 4.99 Å². The highest BCUT2D eigenvalue weighted by atomic mass is 32.2. The van der Waals surface area contributed by atoms with Crippen molar-refractivity contribution < 1.29 is 4.79 Å². The maximum Gasteiger partial charge on any atom is 0.286 e. The fourth-order valence-corrected chi connectivity index (χ4v) is 4.00. The lowest BCUT2D eigenvalue weighted by Crippen LogP contribution is -2.48. The first-order valence-corrected chi connectivity index (χ1v) is 9.79. The van der Waals surface area contributed by atoms with E-state index in [1.54, 1.807) is 0 Å². The first-order valence-electron chi connectivity index (χ1n) is 8.98. The largest absolute Gasteiger partial charge is 0.352 e. The summed E-state index contributed by atoms with van der Waals surface area (Å²) in [4.78, 5) is 21.6. The summed E-state index contributed by atoms with van der Waals surface area (Å²) < 4.78 is 0. The average Bonchev–Trinajstić information content (AvgIpc) is 3.05. The minimum atomic E-state index is -0.151. The van der Waals surface area contributed by atoms with Crippen LogP contribution in [0, 0.1) is 13.8 Å². The highest BCUT2D eigenvalue weighted by molar-refractivity contribution is 8.18. The van der Waals surface area contributed by atoms with Crippen molar-refractivity contribution in [3.63, 3.8) is 0 Å². The number of thioether (sulfide) groups is 1. The van der Waals surface area contributed by atoms with Gasteiger partial charge in [-0.05, 0) is 49.4 Å². The number of nitrogens with zero attached hydrogens (tertiary/aromatic N) is 5. The molecular formula is C20H21N5OS. The minimum absolute atomic E-state index is 0.151. The maximum atomic E-state index is 12.3. The molecular weight excluding hydrogens is 358 g/mol. The summed E-state index contributed by atoms with van der Waals surface area (Å²) in [6, 6.07) is 12.1. The summed E-state index contributed by atoms with van der Waals surface area (Å²) in [7, 11) is 0. The molecule has 0 radical (unpaired) electrons. The Balaban J connectivity index is 1.39. The van der Waals surface area contributed by atoms with E-state index in [0.29, 0.717) is 4.91 Å². The van der Waals surface area contributed by atoms with Crippen LogP contribution in [0.3, 0.4) is 0 Å². The van der Waals surface area contributed by atoms with E-state index >= 15 is 0 Å². The smallest absolute Gasteiger partial charge is 0.286 e. The number of aliphatic imine (C=N–C) groups is 1. The Bertz CT molecular complexity index is 897. The number of aromatic nitrogens is 2. The fraction of sp³-hybridized carbons (Fsp3) is 0.300. The molecule has 7 heteroatoms. The number of rotatable bonds is 2. The fourth-order valence-electron chi connectivity index (χ4n) is 3.03. The van der Waals surface area contributed by atoms with Gasteiger partial charge in [-0.25, -0.2) is 0 Å². The number of amides is 1. The van der Waals surface area contributed by atoms with Crippen molar-refractivity contribution in [2.75, 3.05) is 31.1 Å². The Labute approximate surface area is 163 Å². The Morgan fingerprint density at radius 2 is 1.63 bits per heavy atom. The maximum absolute atomic E-state index is 12.3. The van der Waals surface area contributed by atoms with Crippen molar-refractivity contribution in [3.05, 3.63) is 58.1 Å². The second-order valence-corrected chi connectivity index (χ2v) is 7.74. The Hall–Kier alpha value is -2.67. The van der Waals surface area contributed by atoms with Gasteiger partial charge in [0.15, 0.2) is 11.0 Å². The topological polar surface area (TPSA) is 61.7 Å². The van der Waals surface area contributed by atoms with E-state index < -0.39 is 0 Å². The zero-order valence-electron chi connectivity index (χ0n) is 15.4. The second-order valence-electron chi connectivity index (χ2n) is 6.73. The average molecular weight is 379 g/mol. The summed E-state index contributed by atoms with van der Waals surface area (Å²) in [5, 5.41) is 9.19. The molecule has 2 aliphatic rings. The van der Waals surface area contributed by atoms with Crippen molar-refractivity contribution in [3.8, 4) is 0 Å². The van der Waals surface area contributed by atoms with Gasteiger partial charge >= 0.3 is 0 Å². The van der Waals surface area contributed by atoms with Crippen LogP contribution >= 0.6 is 11.8 Å². The Morgan fingerprint density at radius 3 is 2.30 bits per heavy atom. The van der Waals surface area contributed by atoms with Crippen molar-refractivity contribution in [2.45, 2.75) is 13.8 Å². The van der Waals surface area contributed by atoms with Crippen molar-refractivity contribution >= 4 is 34.7 Å². The molecule has 0 bridgehead atoms. The molecule has 4 rings (SSSR count). The van der Waals surface area contributed by atoms with E-state index in [0.717, 1.165) is 48.4 Å². The standard InChI is InChI=1S/C20H21N5OS/c1-14-3-6-16(7-4-14)13-17-19(26)21-20(27-17)25-11-9-24(10-12-25)18-8-5-15(2)22-23-18/h3-8,13H,9-12H2,1-2H3/b17-13-. The van der Waals surface area contributed by atoms with Crippen LogP contribution in [-0.4, -0.2) is 52.4 Å². The predicted molar refractivity (Wildman–Crippen MR) is 110 cm³/mol. The Kier molecular flexibility index (Phi) is 4.94. The highest BCUT2D eigenvalue weighted by Gasteiger charge is 2.28. The zero-order valence-corrected chi connectivity index (χ0v) is 16.2. The number of amidine groups is 1. The van der Waals surface area contributed by atoms with Crippen LogP contribution in [0.15, 0.2) is 46.3 Å². The molecule has 1 aromatic carbocycles. The van der Waals surface area contributed by atoms with E-state index in [4.69, 9.17) is 0 Å². The zero-order chi connectivity index (χ0) is 18.8. The van der Waals surface area contributed by atoms with Gasteiger partial charge in [-0.1, -0.05) is 29.8 Å². The number of hydrogen-bond donors (Lipinski definition) is 0. The normalized spacial score (nSPS) is 19.0. The SMILES string of the molecule is Cc1ccc(/C=C2\SC(N3CCN(c4ccc(C)nn4)CC3)=NC2=O)cc1. The number of hydrogen-bond acceptors (Lipinski definition) is 6. The second kappa shape index (κ2) is 7.52. The van der Waals surface area contributed by atoms with Gasteiger partial charge in [0.1, 0.15) is 0 Å². The molecule has 1 amide bonds. The third-order valence-corrected chi connectivity index (χ3v) is 5.69.